The highest BCUT2D eigenvalue weighted by Gasteiger charge is 2.22. The second-order valence-corrected chi connectivity index (χ2v) is 6.36. The van der Waals surface area contributed by atoms with Crippen molar-refractivity contribution in [1.29, 1.82) is 0 Å². The largest absolute Gasteiger partial charge is 0.493 e. The molecule has 0 radical (unpaired) electrons. The van der Waals surface area contributed by atoms with E-state index in [-0.39, 0.29) is 11.7 Å². The Morgan fingerprint density at radius 3 is 2.32 bits per heavy atom. The van der Waals surface area contributed by atoms with E-state index in [0.29, 0.717) is 35.8 Å². The van der Waals surface area contributed by atoms with Crippen molar-refractivity contribution in [2.75, 3.05) is 32.8 Å². The van der Waals surface area contributed by atoms with Crippen LogP contribution in [0.15, 0.2) is 42.5 Å². The first-order chi connectivity index (χ1) is 13.6. The first-order valence-corrected chi connectivity index (χ1v) is 9.00. The summed E-state index contributed by atoms with van der Waals surface area (Å²) in [4.78, 5) is 26.3. The van der Waals surface area contributed by atoms with Gasteiger partial charge in [0.05, 0.1) is 21.3 Å². The van der Waals surface area contributed by atoms with Gasteiger partial charge in [0, 0.05) is 24.2 Å². The van der Waals surface area contributed by atoms with Gasteiger partial charge in [0.2, 0.25) is 11.7 Å². The van der Waals surface area contributed by atoms with Gasteiger partial charge in [0.25, 0.3) is 0 Å². The highest BCUT2D eigenvalue weighted by molar-refractivity contribution is 6.08. The molecule has 0 unspecified atom stereocenters. The average Bonchev–Trinajstić information content (AvgIpc) is 3.17. The summed E-state index contributed by atoms with van der Waals surface area (Å²) in [6.45, 7) is 0.692. The predicted molar refractivity (Wildman–Crippen MR) is 107 cm³/mol. The van der Waals surface area contributed by atoms with Gasteiger partial charge in [0.15, 0.2) is 17.3 Å². The SMILES string of the molecule is COc1cc(/C=C/C(=O)c2cccc(N3CCCC3=O)c2)cc(OC)c1OC. The Hall–Kier alpha value is -3.28. The standard InChI is InChI=1S/C22H23NO5/c1-26-19-12-15(13-20(27-2)22(19)28-3)9-10-18(24)16-6-4-7-17(14-16)23-11-5-8-21(23)25/h4,6-7,9-10,12-14H,5,8,11H2,1-3H3/b10-9+. The molecule has 6 heteroatoms. The fourth-order valence-corrected chi connectivity index (χ4v) is 3.21. The monoisotopic (exact) mass is 381 g/mol. The maximum Gasteiger partial charge on any atom is 0.227 e. The van der Waals surface area contributed by atoms with Gasteiger partial charge in [-0.1, -0.05) is 18.2 Å². The summed E-state index contributed by atoms with van der Waals surface area (Å²) >= 11 is 0. The molecular formula is C22H23NO5. The third-order valence-corrected chi connectivity index (χ3v) is 4.63. The smallest absolute Gasteiger partial charge is 0.227 e. The molecule has 0 bridgehead atoms. The number of benzene rings is 2. The quantitative estimate of drug-likeness (QED) is 0.540. The summed E-state index contributed by atoms with van der Waals surface area (Å²) in [7, 11) is 4.62. The Morgan fingerprint density at radius 1 is 1.04 bits per heavy atom. The van der Waals surface area contributed by atoms with E-state index in [1.165, 1.54) is 13.2 Å². The van der Waals surface area contributed by atoms with Crippen LogP contribution in [0.1, 0.15) is 28.8 Å². The Kier molecular flexibility index (Phi) is 5.99. The third-order valence-electron chi connectivity index (χ3n) is 4.63. The maximum absolute atomic E-state index is 12.6. The number of ether oxygens (including phenoxy) is 3. The van der Waals surface area contributed by atoms with Gasteiger partial charge in [-0.3, -0.25) is 9.59 Å². The molecule has 146 valence electrons. The minimum Gasteiger partial charge on any atom is -0.493 e. The van der Waals surface area contributed by atoms with Crippen molar-refractivity contribution in [3.8, 4) is 17.2 Å². The summed E-state index contributed by atoms with van der Waals surface area (Å²) in [5.41, 5.74) is 2.03. The molecule has 1 fully saturated rings. The van der Waals surface area contributed by atoms with Crippen molar-refractivity contribution in [2.24, 2.45) is 0 Å². The van der Waals surface area contributed by atoms with Gasteiger partial charge in [-0.2, -0.15) is 0 Å². The van der Waals surface area contributed by atoms with Crippen LogP contribution in [0.3, 0.4) is 0 Å². The van der Waals surface area contributed by atoms with E-state index in [0.717, 1.165) is 17.7 Å². The zero-order chi connectivity index (χ0) is 20.1. The van der Waals surface area contributed by atoms with Crippen LogP contribution in [0.5, 0.6) is 17.2 Å². The van der Waals surface area contributed by atoms with E-state index in [4.69, 9.17) is 14.2 Å². The Morgan fingerprint density at radius 2 is 1.75 bits per heavy atom. The second kappa shape index (κ2) is 8.61. The molecule has 0 aromatic heterocycles. The van der Waals surface area contributed by atoms with E-state index >= 15 is 0 Å². The molecule has 0 saturated carbocycles. The van der Waals surface area contributed by atoms with E-state index in [2.05, 4.69) is 0 Å². The molecule has 28 heavy (non-hydrogen) atoms. The van der Waals surface area contributed by atoms with Gasteiger partial charge in [0.1, 0.15) is 0 Å². The van der Waals surface area contributed by atoms with Gasteiger partial charge >= 0.3 is 0 Å². The summed E-state index contributed by atoms with van der Waals surface area (Å²) in [6, 6.07) is 10.7. The molecule has 0 N–H and O–H groups in total. The van der Waals surface area contributed by atoms with E-state index in [1.54, 1.807) is 55.5 Å². The van der Waals surface area contributed by atoms with Crippen LogP contribution in [0.4, 0.5) is 5.69 Å². The maximum atomic E-state index is 12.6. The molecule has 3 rings (SSSR count). The molecule has 6 nitrogen and oxygen atoms in total. The number of methoxy groups -OCH3 is 3. The van der Waals surface area contributed by atoms with Gasteiger partial charge < -0.3 is 19.1 Å². The molecular weight excluding hydrogens is 358 g/mol. The molecule has 2 aromatic rings. The van der Waals surface area contributed by atoms with Crippen molar-refractivity contribution in [2.45, 2.75) is 12.8 Å². The summed E-state index contributed by atoms with van der Waals surface area (Å²) < 4.78 is 16.0. The molecule has 2 aromatic carbocycles. The van der Waals surface area contributed by atoms with Gasteiger partial charge in [-0.15, -0.1) is 0 Å². The number of nitrogens with zero attached hydrogens (tertiary/aromatic N) is 1. The average molecular weight is 381 g/mol. The summed E-state index contributed by atoms with van der Waals surface area (Å²) in [5.74, 6) is 1.48. The minimum absolute atomic E-state index is 0.0950. The van der Waals surface area contributed by atoms with Crippen LogP contribution in [-0.2, 0) is 4.79 Å². The van der Waals surface area contributed by atoms with Crippen LogP contribution in [0.2, 0.25) is 0 Å². The van der Waals surface area contributed by atoms with Crippen LogP contribution in [-0.4, -0.2) is 39.6 Å². The van der Waals surface area contributed by atoms with Crippen molar-refractivity contribution in [1.82, 2.24) is 0 Å². The van der Waals surface area contributed by atoms with Crippen LogP contribution < -0.4 is 19.1 Å². The lowest BCUT2D eigenvalue weighted by molar-refractivity contribution is -0.117. The number of allylic oxidation sites excluding steroid dienone is 1. The van der Waals surface area contributed by atoms with E-state index in [9.17, 15) is 9.59 Å². The number of amides is 1. The molecule has 0 atom stereocenters. The molecule has 0 spiro atoms. The Labute approximate surface area is 164 Å². The van der Waals surface area contributed by atoms with Gasteiger partial charge in [-0.05, 0) is 42.3 Å². The number of carbonyl (C=O) groups is 2. The van der Waals surface area contributed by atoms with Crippen LogP contribution in [0, 0.1) is 0 Å². The number of hydrogen-bond donors (Lipinski definition) is 0. The first kappa shape index (κ1) is 19.5. The van der Waals surface area contributed by atoms with Crippen molar-refractivity contribution < 1.29 is 23.8 Å². The predicted octanol–water partition coefficient (Wildman–Crippen LogP) is 3.74. The number of ketones is 1. The number of anilines is 1. The van der Waals surface area contributed by atoms with Crippen LogP contribution >= 0.6 is 0 Å². The summed E-state index contributed by atoms with van der Waals surface area (Å²) in [5, 5.41) is 0. The molecule has 1 heterocycles. The number of carbonyl (C=O) groups excluding carboxylic acids is 2. The van der Waals surface area contributed by atoms with Crippen molar-refractivity contribution in [3.63, 3.8) is 0 Å². The van der Waals surface area contributed by atoms with Crippen molar-refractivity contribution in [3.05, 3.63) is 53.6 Å². The third kappa shape index (κ3) is 4.01. The Bertz CT molecular complexity index is 894. The van der Waals surface area contributed by atoms with E-state index < -0.39 is 0 Å². The lowest BCUT2D eigenvalue weighted by Gasteiger charge is -2.16. The molecule has 0 aliphatic carbocycles. The van der Waals surface area contributed by atoms with Gasteiger partial charge in [-0.25, -0.2) is 0 Å². The molecule has 1 aliphatic heterocycles. The zero-order valence-electron chi connectivity index (χ0n) is 16.2. The zero-order valence-corrected chi connectivity index (χ0v) is 16.2. The van der Waals surface area contributed by atoms with Crippen LogP contribution in [0.25, 0.3) is 6.08 Å². The molecule has 1 aliphatic rings. The first-order valence-electron chi connectivity index (χ1n) is 9.00. The Balaban J connectivity index is 1.83. The second-order valence-electron chi connectivity index (χ2n) is 6.36. The fourth-order valence-electron chi connectivity index (χ4n) is 3.21. The minimum atomic E-state index is -0.151. The number of hydrogen-bond acceptors (Lipinski definition) is 5. The summed E-state index contributed by atoms with van der Waals surface area (Å²) in [6.07, 6.45) is 4.59. The lowest BCUT2D eigenvalue weighted by Crippen LogP contribution is -2.23. The molecule has 1 amide bonds. The number of rotatable bonds is 7. The normalized spacial score (nSPS) is 13.8. The highest BCUT2D eigenvalue weighted by atomic mass is 16.5. The topological polar surface area (TPSA) is 65.1 Å². The fraction of sp³-hybridized carbons (Fsp3) is 0.273. The highest BCUT2D eigenvalue weighted by Crippen LogP contribution is 2.38. The lowest BCUT2D eigenvalue weighted by atomic mass is 10.1. The van der Waals surface area contributed by atoms with E-state index in [1.807, 2.05) is 6.07 Å². The molecule has 1 saturated heterocycles. The van der Waals surface area contributed by atoms with Crippen molar-refractivity contribution >= 4 is 23.5 Å².